The minimum atomic E-state index is -4.65. The maximum atomic E-state index is 13.3. The van der Waals surface area contributed by atoms with Crippen LogP contribution in [0.5, 0.6) is 5.75 Å². The van der Waals surface area contributed by atoms with Gasteiger partial charge in [0.1, 0.15) is 5.75 Å². The standard InChI is InChI=1S/C22H21ClF3N3O4S2/c1-13(22(24,25)26)33-18-6-4-15(35(2,31)32)12-16(18)20(30)28-7-9-29(10-8-28)21-27-17-5-3-14(23)11-19(17)34-21/h3-6,11-13H,7-10H2,1-2H3/t13-/m0/s1. The molecule has 0 radical (unpaired) electrons. The summed E-state index contributed by atoms with van der Waals surface area (Å²) < 4.78 is 69.2. The molecule has 35 heavy (non-hydrogen) atoms. The van der Waals surface area contributed by atoms with E-state index in [0.717, 1.165) is 46.7 Å². The monoisotopic (exact) mass is 547 g/mol. The Kier molecular flexibility index (Phi) is 6.91. The van der Waals surface area contributed by atoms with Crippen LogP contribution in [0.25, 0.3) is 10.2 Å². The van der Waals surface area contributed by atoms with Crippen molar-refractivity contribution in [1.29, 1.82) is 0 Å². The summed E-state index contributed by atoms with van der Waals surface area (Å²) in [5, 5.41) is 1.38. The van der Waals surface area contributed by atoms with Gasteiger partial charge in [-0.1, -0.05) is 22.9 Å². The van der Waals surface area contributed by atoms with Crippen LogP contribution in [0.1, 0.15) is 17.3 Å². The number of fused-ring (bicyclic) bond motifs is 1. The normalized spacial score (nSPS) is 15.9. The van der Waals surface area contributed by atoms with Gasteiger partial charge >= 0.3 is 6.18 Å². The van der Waals surface area contributed by atoms with Crippen molar-refractivity contribution in [1.82, 2.24) is 9.88 Å². The number of thiazole rings is 1. The molecule has 1 aliphatic heterocycles. The maximum absolute atomic E-state index is 13.3. The number of hydrogen-bond acceptors (Lipinski definition) is 7. The van der Waals surface area contributed by atoms with Crippen molar-refractivity contribution in [3.63, 3.8) is 0 Å². The smallest absolute Gasteiger partial charge is 0.425 e. The molecule has 4 rings (SSSR count). The minimum absolute atomic E-state index is 0.181. The Morgan fingerprint density at radius 2 is 1.83 bits per heavy atom. The number of carbonyl (C=O) groups is 1. The molecular weight excluding hydrogens is 527 g/mol. The molecule has 3 aromatic rings. The molecule has 0 unspecified atom stereocenters. The van der Waals surface area contributed by atoms with Gasteiger partial charge in [-0.25, -0.2) is 13.4 Å². The first-order valence-electron chi connectivity index (χ1n) is 10.5. The van der Waals surface area contributed by atoms with Gasteiger partial charge in [0.05, 0.1) is 20.7 Å². The molecule has 1 atom stereocenters. The van der Waals surface area contributed by atoms with Crippen molar-refractivity contribution in [2.45, 2.75) is 24.1 Å². The highest BCUT2D eigenvalue weighted by Crippen LogP contribution is 2.33. The number of piperazine rings is 1. The number of carbonyl (C=O) groups excluding carboxylic acids is 1. The van der Waals surface area contributed by atoms with Gasteiger partial charge < -0.3 is 14.5 Å². The number of aromatic nitrogens is 1. The quantitative estimate of drug-likeness (QED) is 0.463. The molecule has 1 fully saturated rings. The summed E-state index contributed by atoms with van der Waals surface area (Å²) in [6.45, 7) is 2.25. The number of rotatable bonds is 5. The molecule has 188 valence electrons. The van der Waals surface area contributed by atoms with E-state index in [-0.39, 0.29) is 29.3 Å². The van der Waals surface area contributed by atoms with Crippen molar-refractivity contribution in [3.8, 4) is 5.75 Å². The number of ether oxygens (including phenoxy) is 1. The van der Waals surface area contributed by atoms with Crippen LogP contribution in [-0.2, 0) is 9.84 Å². The minimum Gasteiger partial charge on any atom is -0.480 e. The van der Waals surface area contributed by atoms with Crippen molar-refractivity contribution in [2.75, 3.05) is 37.3 Å². The zero-order valence-electron chi connectivity index (χ0n) is 18.7. The Bertz CT molecular complexity index is 1370. The highest BCUT2D eigenvalue weighted by atomic mass is 35.5. The van der Waals surface area contributed by atoms with Gasteiger partial charge in [0.2, 0.25) is 0 Å². The summed E-state index contributed by atoms with van der Waals surface area (Å²) in [6.07, 6.45) is -5.87. The third-order valence-corrected chi connectivity index (χ3v) is 7.98. The third-order valence-electron chi connectivity index (χ3n) is 5.55. The molecule has 1 saturated heterocycles. The summed E-state index contributed by atoms with van der Waals surface area (Å²) in [5.74, 6) is -0.923. The first kappa shape index (κ1) is 25.5. The van der Waals surface area contributed by atoms with Crippen LogP contribution in [0.3, 0.4) is 0 Å². The molecule has 13 heteroatoms. The maximum Gasteiger partial charge on any atom is 0.425 e. The topological polar surface area (TPSA) is 79.8 Å². The van der Waals surface area contributed by atoms with E-state index in [2.05, 4.69) is 4.98 Å². The van der Waals surface area contributed by atoms with E-state index < -0.39 is 28.0 Å². The molecule has 1 aromatic heterocycles. The largest absolute Gasteiger partial charge is 0.480 e. The zero-order chi connectivity index (χ0) is 25.5. The highest BCUT2D eigenvalue weighted by molar-refractivity contribution is 7.90. The second-order valence-corrected chi connectivity index (χ2v) is 11.6. The Balaban J connectivity index is 1.55. The molecule has 0 aliphatic carbocycles. The first-order chi connectivity index (χ1) is 16.3. The average Bonchev–Trinajstić information content (AvgIpc) is 3.21. The first-order valence-corrected chi connectivity index (χ1v) is 13.6. The summed E-state index contributed by atoms with van der Waals surface area (Å²) >= 11 is 7.52. The Labute approximate surface area is 209 Å². The number of amides is 1. The Morgan fingerprint density at radius 3 is 2.46 bits per heavy atom. The summed E-state index contributed by atoms with van der Waals surface area (Å²) in [6, 6.07) is 8.70. The predicted molar refractivity (Wildman–Crippen MR) is 128 cm³/mol. The fraction of sp³-hybridized carbons (Fsp3) is 0.364. The van der Waals surface area contributed by atoms with Gasteiger partial charge in [0, 0.05) is 37.5 Å². The SMILES string of the molecule is C[C@H](Oc1ccc(S(C)(=O)=O)cc1C(=O)N1CCN(c2nc3ccc(Cl)cc3s2)CC1)C(F)(F)F. The number of halogens is 4. The Hall–Kier alpha value is -2.57. The second-order valence-electron chi connectivity index (χ2n) is 8.12. The molecular formula is C22H21ClF3N3O4S2. The van der Waals surface area contributed by atoms with E-state index in [0.29, 0.717) is 18.1 Å². The summed E-state index contributed by atoms with van der Waals surface area (Å²) in [7, 11) is -3.70. The zero-order valence-corrected chi connectivity index (χ0v) is 21.1. The molecule has 2 heterocycles. The lowest BCUT2D eigenvalue weighted by Gasteiger charge is -2.35. The average molecular weight is 548 g/mol. The summed E-state index contributed by atoms with van der Waals surface area (Å²) in [5.41, 5.74) is 0.582. The van der Waals surface area contributed by atoms with Gasteiger partial charge in [-0.2, -0.15) is 13.2 Å². The van der Waals surface area contributed by atoms with E-state index in [9.17, 15) is 26.4 Å². The van der Waals surface area contributed by atoms with Crippen LogP contribution in [0.2, 0.25) is 5.02 Å². The second kappa shape index (κ2) is 9.47. The van der Waals surface area contributed by atoms with Crippen molar-refractivity contribution in [3.05, 3.63) is 47.0 Å². The van der Waals surface area contributed by atoms with Gasteiger partial charge in [-0.05, 0) is 43.3 Å². The molecule has 7 nitrogen and oxygen atoms in total. The fourth-order valence-electron chi connectivity index (χ4n) is 3.56. The molecule has 0 N–H and O–H groups in total. The molecule has 0 spiro atoms. The van der Waals surface area contributed by atoms with Crippen LogP contribution in [0.15, 0.2) is 41.3 Å². The molecule has 1 aliphatic rings. The number of hydrogen-bond donors (Lipinski definition) is 0. The number of nitrogens with zero attached hydrogens (tertiary/aromatic N) is 3. The van der Waals surface area contributed by atoms with E-state index in [1.54, 1.807) is 6.07 Å². The van der Waals surface area contributed by atoms with E-state index in [1.165, 1.54) is 16.2 Å². The van der Waals surface area contributed by atoms with Crippen LogP contribution >= 0.6 is 22.9 Å². The van der Waals surface area contributed by atoms with Crippen LogP contribution in [-0.4, -0.2) is 68.9 Å². The predicted octanol–water partition coefficient (Wildman–Crippen LogP) is 4.65. The molecule has 0 bridgehead atoms. The fourth-order valence-corrected chi connectivity index (χ4v) is 5.50. The molecule has 2 aromatic carbocycles. The van der Waals surface area contributed by atoms with Crippen molar-refractivity contribution < 1.29 is 31.1 Å². The lowest BCUT2D eigenvalue weighted by atomic mass is 10.1. The van der Waals surface area contributed by atoms with Gasteiger partial charge in [0.25, 0.3) is 5.91 Å². The summed E-state index contributed by atoms with van der Waals surface area (Å²) in [4.78, 5) is 21.2. The van der Waals surface area contributed by atoms with Gasteiger partial charge in [-0.3, -0.25) is 4.79 Å². The third kappa shape index (κ3) is 5.65. The number of anilines is 1. The molecule has 1 amide bonds. The van der Waals surface area contributed by atoms with Crippen molar-refractivity contribution >= 4 is 54.0 Å². The van der Waals surface area contributed by atoms with E-state index in [4.69, 9.17) is 16.3 Å². The number of sulfone groups is 1. The highest BCUT2D eigenvalue weighted by Gasteiger charge is 2.39. The lowest BCUT2D eigenvalue weighted by molar-refractivity contribution is -0.189. The van der Waals surface area contributed by atoms with Gasteiger partial charge in [0.15, 0.2) is 21.1 Å². The van der Waals surface area contributed by atoms with Crippen LogP contribution < -0.4 is 9.64 Å². The van der Waals surface area contributed by atoms with Crippen molar-refractivity contribution in [2.24, 2.45) is 0 Å². The Morgan fingerprint density at radius 1 is 1.14 bits per heavy atom. The number of benzene rings is 2. The van der Waals surface area contributed by atoms with E-state index in [1.807, 2.05) is 17.0 Å². The van der Waals surface area contributed by atoms with E-state index >= 15 is 0 Å². The van der Waals surface area contributed by atoms with Gasteiger partial charge in [-0.15, -0.1) is 0 Å². The van der Waals surface area contributed by atoms with Crippen LogP contribution in [0.4, 0.5) is 18.3 Å². The number of alkyl halides is 3. The van der Waals surface area contributed by atoms with Crippen LogP contribution in [0, 0.1) is 0 Å². The molecule has 0 saturated carbocycles. The lowest BCUT2D eigenvalue weighted by Crippen LogP contribution is -2.49.